The van der Waals surface area contributed by atoms with E-state index in [1.807, 2.05) is 0 Å². The van der Waals surface area contributed by atoms with Gasteiger partial charge in [-0.1, -0.05) is 18.2 Å². The first-order valence-corrected chi connectivity index (χ1v) is 16.1. The minimum Gasteiger partial charge on any atom is -0.390 e. The van der Waals surface area contributed by atoms with Crippen molar-refractivity contribution in [1.29, 1.82) is 0 Å². The quantitative estimate of drug-likeness (QED) is 0.278. The number of fused-ring (bicyclic) bond motifs is 3. The average molecular weight is 668 g/mol. The summed E-state index contributed by atoms with van der Waals surface area (Å²) >= 11 is 0. The van der Waals surface area contributed by atoms with Crippen LogP contribution in [0.3, 0.4) is 0 Å². The largest absolute Gasteiger partial charge is 0.435 e. The monoisotopic (exact) mass is 667 g/mol. The summed E-state index contributed by atoms with van der Waals surface area (Å²) in [7, 11) is -4.55. The molecule has 0 aromatic heterocycles. The van der Waals surface area contributed by atoms with E-state index in [0.29, 0.717) is 37.8 Å². The molecule has 1 N–H and O–H groups in total. The van der Waals surface area contributed by atoms with E-state index in [1.54, 1.807) is 13.8 Å². The maximum Gasteiger partial charge on any atom is 0.435 e. The van der Waals surface area contributed by atoms with Crippen molar-refractivity contribution in [3.05, 3.63) is 65.0 Å². The molecule has 14 heteroatoms. The fourth-order valence-electron chi connectivity index (χ4n) is 7.60. The lowest BCUT2D eigenvalue weighted by atomic mass is 9.74. The van der Waals surface area contributed by atoms with Crippen LogP contribution in [0, 0.1) is 17.7 Å². The van der Waals surface area contributed by atoms with E-state index in [4.69, 9.17) is 0 Å². The lowest BCUT2D eigenvalue weighted by Gasteiger charge is -2.44. The van der Waals surface area contributed by atoms with Gasteiger partial charge in [0.2, 0.25) is 5.91 Å². The number of carbonyl (C=O) groups is 1. The number of carbonyl (C=O) groups excluding carboxylic acids is 1. The van der Waals surface area contributed by atoms with Crippen LogP contribution >= 0.6 is 0 Å². The van der Waals surface area contributed by atoms with Crippen molar-refractivity contribution in [2.24, 2.45) is 11.8 Å². The maximum atomic E-state index is 15.0. The molecule has 1 amide bonds. The third kappa shape index (κ3) is 5.23. The van der Waals surface area contributed by atoms with Crippen molar-refractivity contribution in [1.82, 2.24) is 4.90 Å². The van der Waals surface area contributed by atoms with Crippen LogP contribution < -0.4 is 0 Å². The van der Waals surface area contributed by atoms with Gasteiger partial charge in [0.25, 0.3) is 0 Å². The number of aliphatic hydroxyl groups is 1. The fraction of sp³-hybridized carbons (Fsp3) is 0.581. The Morgan fingerprint density at radius 3 is 2.00 bits per heavy atom. The molecule has 3 aliphatic rings. The molecule has 2 aliphatic carbocycles. The van der Waals surface area contributed by atoms with Crippen molar-refractivity contribution in [2.75, 3.05) is 6.54 Å². The van der Waals surface area contributed by atoms with E-state index in [1.165, 1.54) is 4.90 Å². The highest BCUT2D eigenvalue weighted by molar-refractivity contribution is 7.92. The molecule has 1 saturated heterocycles. The van der Waals surface area contributed by atoms with Crippen molar-refractivity contribution in [3.8, 4) is 0 Å². The number of halogens is 8. The summed E-state index contributed by atoms with van der Waals surface area (Å²) in [6, 6.07) is 4.35. The Hall–Kier alpha value is -2.74. The number of benzene rings is 2. The summed E-state index contributed by atoms with van der Waals surface area (Å²) in [6.07, 6.45) is -11.3. The predicted molar refractivity (Wildman–Crippen MR) is 147 cm³/mol. The first-order chi connectivity index (χ1) is 20.7. The lowest BCUT2D eigenvalue weighted by Crippen LogP contribution is -2.54. The molecular formula is C31H33F8NO4S. The van der Waals surface area contributed by atoms with E-state index in [2.05, 4.69) is 0 Å². The van der Waals surface area contributed by atoms with Gasteiger partial charge in [-0.15, -0.1) is 0 Å². The molecule has 5 nitrogen and oxygen atoms in total. The molecule has 45 heavy (non-hydrogen) atoms. The second kappa shape index (κ2) is 10.9. The predicted octanol–water partition coefficient (Wildman–Crippen LogP) is 6.91. The molecule has 248 valence electrons. The third-order valence-corrected chi connectivity index (χ3v) is 12.6. The summed E-state index contributed by atoms with van der Waals surface area (Å²) in [4.78, 5) is 15.0. The Morgan fingerprint density at radius 2 is 1.47 bits per heavy atom. The van der Waals surface area contributed by atoms with Gasteiger partial charge < -0.3 is 10.0 Å². The maximum absolute atomic E-state index is 15.0. The van der Waals surface area contributed by atoms with Crippen molar-refractivity contribution in [3.63, 3.8) is 0 Å². The number of aryl methyl sites for hydroxylation is 1. The van der Waals surface area contributed by atoms with Gasteiger partial charge in [0, 0.05) is 18.0 Å². The molecule has 2 aromatic carbocycles. The van der Waals surface area contributed by atoms with Gasteiger partial charge in [0.15, 0.2) is 9.84 Å². The SMILES string of the molecule is CC(C)(O)C1CCC(C(=O)N2CC[C@@]3(S(=O)(=O)c4ccc(F)cc4)c4ccc(C(F)(C(F)(F)F)C(F)(F)F)cc4CC[C@@H]23)CC1. The Bertz CT molecular complexity index is 1540. The minimum atomic E-state index is -6.35. The Balaban J connectivity index is 1.60. The van der Waals surface area contributed by atoms with Gasteiger partial charge in [-0.2, -0.15) is 26.3 Å². The van der Waals surface area contributed by atoms with Gasteiger partial charge in [-0.05, 0) is 100 Å². The second-order valence-electron chi connectivity index (χ2n) is 12.9. The summed E-state index contributed by atoms with van der Waals surface area (Å²) in [6.45, 7) is 3.32. The number of alkyl halides is 7. The number of rotatable bonds is 5. The summed E-state index contributed by atoms with van der Waals surface area (Å²) in [5.74, 6) is -1.56. The molecule has 1 saturated carbocycles. The van der Waals surface area contributed by atoms with Gasteiger partial charge in [-0.25, -0.2) is 17.2 Å². The summed E-state index contributed by atoms with van der Waals surface area (Å²) < 4.78 is 137. The smallest absolute Gasteiger partial charge is 0.390 e. The molecule has 2 aromatic rings. The highest BCUT2D eigenvalue weighted by atomic mass is 32.2. The number of hydrogen-bond acceptors (Lipinski definition) is 4. The fourth-order valence-corrected chi connectivity index (χ4v) is 9.97. The molecule has 1 aliphatic heterocycles. The van der Waals surface area contributed by atoms with Gasteiger partial charge in [0.05, 0.1) is 16.5 Å². The Labute approximate surface area is 255 Å². The van der Waals surface area contributed by atoms with E-state index in [-0.39, 0.29) is 53.7 Å². The first-order valence-electron chi connectivity index (χ1n) is 14.7. The second-order valence-corrected chi connectivity index (χ2v) is 15.1. The van der Waals surface area contributed by atoms with Crippen molar-refractivity contribution in [2.45, 2.75) is 98.1 Å². The van der Waals surface area contributed by atoms with Crippen molar-refractivity contribution < 1.29 is 53.4 Å². The zero-order chi connectivity index (χ0) is 33.4. The lowest BCUT2D eigenvalue weighted by molar-refractivity contribution is -0.348. The van der Waals surface area contributed by atoms with Crippen LogP contribution in [0.15, 0.2) is 47.4 Å². The van der Waals surface area contributed by atoms with Crippen LogP contribution in [0.5, 0.6) is 0 Å². The van der Waals surface area contributed by atoms with E-state index >= 15 is 4.39 Å². The van der Waals surface area contributed by atoms with Crippen LogP contribution in [0.4, 0.5) is 35.1 Å². The molecule has 0 bridgehead atoms. The van der Waals surface area contributed by atoms with E-state index in [9.17, 15) is 49.1 Å². The standard InChI is InChI=1S/C31H33F8NO4S/c1-27(2,42)20-6-3-18(4-7-20)26(41)40-16-15-28(45(43,44)23-11-9-22(32)10-12-23)24-13-8-21(17-19(24)5-14-25(28)40)29(33,30(34,35)36)31(37,38)39/h8-13,17-18,20,25,42H,3-7,14-16H2,1-2H3/t18?,20?,25-,28-/m1/s1. The van der Waals surface area contributed by atoms with Gasteiger partial charge >= 0.3 is 18.0 Å². The molecule has 0 unspecified atom stereocenters. The molecule has 1 heterocycles. The van der Waals surface area contributed by atoms with E-state index < -0.39 is 61.5 Å². The molecule has 0 spiro atoms. The molecular weight excluding hydrogens is 634 g/mol. The van der Waals surface area contributed by atoms with Crippen LogP contribution in [-0.4, -0.2) is 54.9 Å². The topological polar surface area (TPSA) is 74.7 Å². The highest BCUT2D eigenvalue weighted by Crippen LogP contribution is 2.57. The zero-order valence-electron chi connectivity index (χ0n) is 24.5. The minimum absolute atomic E-state index is 0.0372. The van der Waals surface area contributed by atoms with E-state index in [0.717, 1.165) is 30.3 Å². The number of amides is 1. The normalized spacial score (nSPS) is 26.4. The molecule has 2 atom stereocenters. The van der Waals surface area contributed by atoms with Crippen molar-refractivity contribution >= 4 is 15.7 Å². The van der Waals surface area contributed by atoms with Gasteiger partial charge in [-0.3, -0.25) is 4.79 Å². The van der Waals surface area contributed by atoms with Crippen LogP contribution in [0.2, 0.25) is 0 Å². The zero-order valence-corrected chi connectivity index (χ0v) is 25.3. The highest BCUT2D eigenvalue weighted by Gasteiger charge is 2.74. The number of hydrogen-bond donors (Lipinski definition) is 1. The molecule has 2 fully saturated rings. The Morgan fingerprint density at radius 1 is 0.889 bits per heavy atom. The molecule has 0 radical (unpaired) electrons. The summed E-state index contributed by atoms with van der Waals surface area (Å²) in [5.41, 5.74) is -8.68. The average Bonchev–Trinajstić information content (AvgIpc) is 3.36. The number of nitrogens with zero attached hydrogens (tertiary/aromatic N) is 1. The number of likely N-dealkylation sites (tertiary alicyclic amines) is 1. The number of sulfone groups is 1. The summed E-state index contributed by atoms with van der Waals surface area (Å²) in [5, 5.41) is 10.4. The Kier molecular flexibility index (Phi) is 8.16. The first kappa shape index (κ1) is 33.6. The van der Waals surface area contributed by atoms with Gasteiger partial charge in [0.1, 0.15) is 10.6 Å². The van der Waals surface area contributed by atoms with Crippen LogP contribution in [0.25, 0.3) is 0 Å². The molecule has 5 rings (SSSR count). The third-order valence-electron chi connectivity index (χ3n) is 10.0. The van der Waals surface area contributed by atoms with Crippen LogP contribution in [-0.2, 0) is 31.5 Å². The van der Waals surface area contributed by atoms with Crippen LogP contribution in [0.1, 0.15) is 69.1 Å².